The fraction of sp³-hybridized carbons (Fsp3) is 0.382. The average molecular weight is 509 g/mol. The Balaban J connectivity index is 1.57. The molecule has 38 heavy (non-hydrogen) atoms. The molecule has 4 nitrogen and oxygen atoms in total. The third-order valence-electron chi connectivity index (χ3n) is 6.77. The van der Waals surface area contributed by atoms with Gasteiger partial charge in [0.05, 0.1) is 0 Å². The first kappa shape index (κ1) is 28.8. The highest BCUT2D eigenvalue weighted by Gasteiger charge is 2.29. The van der Waals surface area contributed by atoms with E-state index in [0.717, 1.165) is 29.0 Å². The second-order valence-electron chi connectivity index (χ2n) is 9.94. The van der Waals surface area contributed by atoms with E-state index in [9.17, 15) is 15.0 Å². The number of aliphatic hydroxyl groups is 1. The molecule has 2 N–H and O–H groups in total. The zero-order valence-corrected chi connectivity index (χ0v) is 22.5. The Morgan fingerprint density at radius 1 is 1.13 bits per heavy atom. The van der Waals surface area contributed by atoms with Gasteiger partial charge >= 0.3 is 5.97 Å². The summed E-state index contributed by atoms with van der Waals surface area (Å²) in [7, 11) is 1.40. The van der Waals surface area contributed by atoms with Gasteiger partial charge in [-0.05, 0) is 106 Å². The van der Waals surface area contributed by atoms with Crippen molar-refractivity contribution in [3.8, 4) is 35.5 Å². The van der Waals surface area contributed by atoms with Crippen LogP contribution in [0.15, 0.2) is 71.4 Å². The Morgan fingerprint density at radius 3 is 2.53 bits per heavy atom. The van der Waals surface area contributed by atoms with E-state index < -0.39 is 12.3 Å². The lowest BCUT2D eigenvalue weighted by Crippen LogP contribution is -2.28. The highest BCUT2D eigenvalue weighted by molar-refractivity contribution is 5.86. The van der Waals surface area contributed by atoms with Crippen LogP contribution in [0.2, 0.25) is 0 Å². The average Bonchev–Trinajstić information content (AvgIpc) is 2.93. The lowest BCUT2D eigenvalue weighted by Gasteiger charge is -2.27. The molecule has 0 saturated heterocycles. The van der Waals surface area contributed by atoms with E-state index in [1.54, 1.807) is 6.08 Å². The normalized spacial score (nSPS) is 22.0. The Hall–Kier alpha value is -3.75. The largest absolute Gasteiger partial charge is 0.478 e. The fourth-order valence-corrected chi connectivity index (χ4v) is 4.64. The van der Waals surface area contributed by atoms with E-state index >= 15 is 0 Å². The molecule has 4 unspecified atom stereocenters. The minimum atomic E-state index is -1.01. The molecule has 0 bridgehead atoms. The van der Waals surface area contributed by atoms with Gasteiger partial charge < -0.3 is 14.9 Å². The Kier molecular flexibility index (Phi) is 11.3. The first-order valence-corrected chi connectivity index (χ1v) is 13.1. The molecule has 0 fully saturated rings. The van der Waals surface area contributed by atoms with E-state index in [0.29, 0.717) is 6.42 Å². The molecule has 4 heteroatoms. The van der Waals surface area contributed by atoms with Crippen molar-refractivity contribution in [1.29, 1.82) is 0 Å². The minimum Gasteiger partial charge on any atom is -0.478 e. The van der Waals surface area contributed by atoms with Crippen molar-refractivity contribution in [1.82, 2.24) is 0 Å². The Morgan fingerprint density at radius 2 is 1.87 bits per heavy atom. The fourth-order valence-electron chi connectivity index (χ4n) is 4.64. The quantitative estimate of drug-likeness (QED) is 0.213. The number of hydrogen-bond acceptors (Lipinski definition) is 3. The summed E-state index contributed by atoms with van der Waals surface area (Å²) in [5.74, 6) is 17.3. The van der Waals surface area contributed by atoms with Gasteiger partial charge in [0.25, 0.3) is 0 Å². The predicted octanol–water partition coefficient (Wildman–Crippen LogP) is 6.03. The van der Waals surface area contributed by atoms with Crippen LogP contribution in [0.4, 0.5) is 0 Å². The van der Waals surface area contributed by atoms with Crippen LogP contribution in [-0.2, 0) is 9.53 Å². The van der Waals surface area contributed by atoms with Gasteiger partial charge in [-0.15, -0.1) is 0 Å². The molecule has 0 amide bonds. The summed E-state index contributed by atoms with van der Waals surface area (Å²) < 4.78 is 4.98. The third-order valence-corrected chi connectivity index (χ3v) is 6.77. The van der Waals surface area contributed by atoms with Gasteiger partial charge in [-0.1, -0.05) is 53.6 Å². The van der Waals surface area contributed by atoms with Gasteiger partial charge in [-0.3, -0.25) is 0 Å². The van der Waals surface area contributed by atoms with Crippen LogP contribution in [0.1, 0.15) is 63.5 Å². The van der Waals surface area contributed by atoms with Crippen molar-refractivity contribution in [2.24, 2.45) is 17.8 Å². The van der Waals surface area contributed by atoms with Crippen LogP contribution >= 0.6 is 0 Å². The Labute approximate surface area is 227 Å². The van der Waals surface area contributed by atoms with Crippen molar-refractivity contribution in [3.05, 3.63) is 82.5 Å². The number of rotatable bonds is 6. The monoisotopic (exact) mass is 508 g/mol. The third kappa shape index (κ3) is 9.61. The van der Waals surface area contributed by atoms with Crippen LogP contribution in [0, 0.1) is 53.3 Å². The molecule has 0 spiro atoms. The van der Waals surface area contributed by atoms with Crippen LogP contribution in [-0.4, -0.2) is 29.6 Å². The highest BCUT2D eigenvalue weighted by atomic mass is 16.6. The van der Waals surface area contributed by atoms with E-state index in [4.69, 9.17) is 4.74 Å². The summed E-state index contributed by atoms with van der Waals surface area (Å²) in [6.45, 7) is 4.17. The first-order valence-electron chi connectivity index (χ1n) is 13.1. The number of allylic oxidation sites excluding steroid dienone is 7. The SMILES string of the molecule is COC(O)C1CC(C(=O)O)=CC(C#CC#Cc2ccc(C#CC(C)=CC(C)=CCC3CC=CCC3)cc2)C1. The van der Waals surface area contributed by atoms with Crippen LogP contribution < -0.4 is 0 Å². The number of hydrogen-bond donors (Lipinski definition) is 2. The topological polar surface area (TPSA) is 66.8 Å². The van der Waals surface area contributed by atoms with E-state index in [2.05, 4.69) is 66.8 Å². The van der Waals surface area contributed by atoms with E-state index in [1.165, 1.54) is 31.9 Å². The van der Waals surface area contributed by atoms with Crippen molar-refractivity contribution in [2.75, 3.05) is 7.11 Å². The molecule has 196 valence electrons. The number of methoxy groups -OCH3 is 1. The zero-order valence-electron chi connectivity index (χ0n) is 22.5. The molecule has 0 saturated carbocycles. The number of carboxylic acids is 1. The number of carboxylic acid groups (broad SMARTS) is 1. The lowest BCUT2D eigenvalue weighted by molar-refractivity contribution is -0.135. The molecule has 0 radical (unpaired) electrons. The van der Waals surface area contributed by atoms with Crippen molar-refractivity contribution in [3.63, 3.8) is 0 Å². The maximum absolute atomic E-state index is 11.4. The van der Waals surface area contributed by atoms with Crippen molar-refractivity contribution < 1.29 is 19.7 Å². The maximum atomic E-state index is 11.4. The van der Waals surface area contributed by atoms with E-state index in [-0.39, 0.29) is 23.8 Å². The number of carbonyl (C=O) groups is 1. The van der Waals surface area contributed by atoms with Crippen LogP contribution in [0.25, 0.3) is 0 Å². The van der Waals surface area contributed by atoms with Gasteiger partial charge in [0.2, 0.25) is 0 Å². The summed E-state index contributed by atoms with van der Waals surface area (Å²) in [4.78, 5) is 11.4. The summed E-state index contributed by atoms with van der Waals surface area (Å²) in [6, 6.07) is 7.71. The summed E-state index contributed by atoms with van der Waals surface area (Å²) in [5.41, 5.74) is 4.28. The van der Waals surface area contributed by atoms with Crippen molar-refractivity contribution in [2.45, 2.75) is 58.7 Å². The smallest absolute Gasteiger partial charge is 0.331 e. The molecule has 3 rings (SSSR count). The van der Waals surface area contributed by atoms with Gasteiger partial charge in [0.1, 0.15) is 0 Å². The molecule has 1 aromatic carbocycles. The second kappa shape index (κ2) is 14.9. The lowest BCUT2D eigenvalue weighted by atomic mass is 9.82. The summed E-state index contributed by atoms with van der Waals surface area (Å²) in [5, 5.41) is 19.3. The zero-order chi connectivity index (χ0) is 27.3. The van der Waals surface area contributed by atoms with Gasteiger partial charge in [-0.25, -0.2) is 4.79 Å². The highest BCUT2D eigenvalue weighted by Crippen LogP contribution is 2.31. The maximum Gasteiger partial charge on any atom is 0.331 e. The molecule has 2 aliphatic carbocycles. The molecule has 2 aliphatic rings. The number of benzene rings is 1. The number of aliphatic hydroxyl groups excluding tert-OH is 1. The van der Waals surface area contributed by atoms with Gasteiger partial charge in [-0.2, -0.15) is 0 Å². The summed E-state index contributed by atoms with van der Waals surface area (Å²) in [6.07, 6.45) is 15.2. The summed E-state index contributed by atoms with van der Waals surface area (Å²) >= 11 is 0. The molecule has 1 aromatic rings. The Bertz CT molecular complexity index is 1290. The molecule has 0 aliphatic heterocycles. The van der Waals surface area contributed by atoms with Gasteiger partial charge in [0, 0.05) is 35.6 Å². The molecule has 4 atom stereocenters. The standard InChI is InChI=1S/C34H36O4/c1-25(13-15-27-9-5-4-6-10-27)21-26(2)14-16-29-19-17-28(18-20-29)11-7-8-12-30-22-31(33(35)36)24-32(23-30)34(37)38-3/h4-5,13,17-22,27,30,32,34,37H,6,9-10,15,23-24H2,1-3H3,(H,35,36). The van der Waals surface area contributed by atoms with E-state index in [1.807, 2.05) is 31.2 Å². The minimum absolute atomic E-state index is 0.245. The van der Waals surface area contributed by atoms with Crippen LogP contribution in [0.5, 0.6) is 0 Å². The van der Waals surface area contributed by atoms with Crippen LogP contribution in [0.3, 0.4) is 0 Å². The van der Waals surface area contributed by atoms with Crippen molar-refractivity contribution >= 4 is 5.97 Å². The molecular weight excluding hydrogens is 472 g/mol. The second-order valence-corrected chi connectivity index (χ2v) is 9.94. The first-order chi connectivity index (χ1) is 18.3. The molecule has 0 heterocycles. The molecular formula is C34H36O4. The molecule has 0 aromatic heterocycles. The number of aliphatic carboxylic acids is 1. The number of ether oxygens (including phenoxy) is 1. The predicted molar refractivity (Wildman–Crippen MR) is 152 cm³/mol. The van der Waals surface area contributed by atoms with Gasteiger partial charge in [0.15, 0.2) is 6.29 Å².